The fourth-order valence-electron chi connectivity index (χ4n) is 3.94. The van der Waals surface area contributed by atoms with Gasteiger partial charge in [-0.05, 0) is 67.1 Å². The van der Waals surface area contributed by atoms with Gasteiger partial charge in [0.15, 0.2) is 5.76 Å². The first-order valence-electron chi connectivity index (χ1n) is 11.7. The normalized spacial score (nSPS) is 13.2. The molecule has 0 fully saturated rings. The Morgan fingerprint density at radius 3 is 2.47 bits per heavy atom. The second kappa shape index (κ2) is 10.7. The molecule has 2 heterocycles. The van der Waals surface area contributed by atoms with Gasteiger partial charge < -0.3 is 19.8 Å². The number of rotatable bonds is 8. The molecule has 190 valence electrons. The number of carbonyl (C=O) groups excluding carboxylic acids is 3. The van der Waals surface area contributed by atoms with Crippen LogP contribution in [0.3, 0.4) is 0 Å². The van der Waals surface area contributed by atoms with Crippen LogP contribution < -0.4 is 20.3 Å². The molecule has 5 rings (SSSR count). The fraction of sp³-hybridized carbons (Fsp3) is 0.0690. The van der Waals surface area contributed by atoms with Crippen LogP contribution in [0.2, 0.25) is 0 Å². The summed E-state index contributed by atoms with van der Waals surface area (Å²) in [5.74, 6) is -0.611. The van der Waals surface area contributed by atoms with Gasteiger partial charge in [0.1, 0.15) is 16.4 Å². The Kier molecular flexibility index (Phi) is 7.01. The Morgan fingerprint density at radius 1 is 0.921 bits per heavy atom. The van der Waals surface area contributed by atoms with Crippen LogP contribution in [-0.2, 0) is 9.59 Å². The average Bonchev–Trinajstić information content (AvgIpc) is 3.53. The van der Waals surface area contributed by atoms with E-state index in [4.69, 9.17) is 9.15 Å². The Balaban J connectivity index is 1.50. The van der Waals surface area contributed by atoms with Gasteiger partial charge in [0.25, 0.3) is 17.7 Å². The lowest BCUT2D eigenvalue weighted by molar-refractivity contribution is -0.120. The summed E-state index contributed by atoms with van der Waals surface area (Å²) in [6, 6.07) is 24.5. The Morgan fingerprint density at radius 2 is 1.74 bits per heavy atom. The van der Waals surface area contributed by atoms with E-state index < -0.39 is 17.7 Å². The molecular formula is C29H23N3O5S. The third-order valence-electron chi connectivity index (χ3n) is 5.73. The minimum atomic E-state index is -0.477. The number of anilines is 3. The summed E-state index contributed by atoms with van der Waals surface area (Å²) in [7, 11) is 1.54. The van der Waals surface area contributed by atoms with Gasteiger partial charge in [0.2, 0.25) is 0 Å². The van der Waals surface area contributed by atoms with Crippen LogP contribution in [0.15, 0.2) is 111 Å². The van der Waals surface area contributed by atoms with E-state index in [9.17, 15) is 14.4 Å². The number of ether oxygens (including phenoxy) is 1. The molecule has 0 spiro atoms. The summed E-state index contributed by atoms with van der Waals surface area (Å²) in [6.45, 7) is 1.93. The highest BCUT2D eigenvalue weighted by Crippen LogP contribution is 2.39. The van der Waals surface area contributed by atoms with Crippen molar-refractivity contribution in [3.05, 3.63) is 113 Å². The molecule has 0 saturated carbocycles. The van der Waals surface area contributed by atoms with Gasteiger partial charge in [-0.1, -0.05) is 42.1 Å². The van der Waals surface area contributed by atoms with E-state index in [1.165, 1.54) is 6.26 Å². The summed E-state index contributed by atoms with van der Waals surface area (Å²) in [5, 5.41) is 5.94. The first kappa shape index (κ1) is 24.9. The molecule has 0 saturated heterocycles. The van der Waals surface area contributed by atoms with Crippen LogP contribution in [0.4, 0.5) is 17.1 Å². The number of benzene rings is 3. The van der Waals surface area contributed by atoms with Crippen LogP contribution in [0, 0.1) is 6.92 Å². The van der Waals surface area contributed by atoms with Crippen molar-refractivity contribution in [3.8, 4) is 5.75 Å². The van der Waals surface area contributed by atoms with Gasteiger partial charge in [-0.25, -0.2) is 4.90 Å². The maximum atomic E-state index is 13.6. The molecule has 4 aromatic rings. The summed E-state index contributed by atoms with van der Waals surface area (Å²) >= 11 is 1.13. The van der Waals surface area contributed by atoms with E-state index in [0.717, 1.165) is 22.2 Å². The molecule has 9 heteroatoms. The topological polar surface area (TPSA) is 101 Å². The van der Waals surface area contributed by atoms with Crippen molar-refractivity contribution in [2.75, 3.05) is 22.6 Å². The number of carbonyl (C=O) groups is 3. The first-order valence-corrected chi connectivity index (χ1v) is 12.5. The number of hydrogen-bond acceptors (Lipinski definition) is 7. The molecule has 38 heavy (non-hydrogen) atoms. The van der Waals surface area contributed by atoms with Crippen LogP contribution in [0.25, 0.3) is 0 Å². The monoisotopic (exact) mass is 525 g/mol. The number of aryl methyl sites for hydroxylation is 1. The highest BCUT2D eigenvalue weighted by Gasteiger charge is 2.40. The van der Waals surface area contributed by atoms with Crippen LogP contribution in [-0.4, -0.2) is 24.8 Å². The molecular weight excluding hydrogens is 502 g/mol. The molecule has 3 amide bonds. The highest BCUT2D eigenvalue weighted by molar-refractivity contribution is 8.04. The molecule has 8 nitrogen and oxygen atoms in total. The second-order valence-electron chi connectivity index (χ2n) is 8.38. The molecule has 0 bridgehead atoms. The number of thioether (sulfide) groups is 1. The number of nitrogens with one attached hydrogen (secondary N) is 2. The Hall–Kier alpha value is -4.76. The van der Waals surface area contributed by atoms with E-state index in [-0.39, 0.29) is 16.4 Å². The molecule has 1 aliphatic heterocycles. The maximum absolute atomic E-state index is 13.6. The third-order valence-corrected chi connectivity index (χ3v) is 6.80. The molecule has 0 aliphatic carbocycles. The first-order chi connectivity index (χ1) is 18.4. The predicted octanol–water partition coefficient (Wildman–Crippen LogP) is 5.84. The molecule has 0 radical (unpaired) electrons. The van der Waals surface area contributed by atoms with Crippen molar-refractivity contribution in [2.45, 2.75) is 11.8 Å². The summed E-state index contributed by atoms with van der Waals surface area (Å²) in [6.07, 6.45) is 1.42. The molecule has 1 aliphatic rings. The largest absolute Gasteiger partial charge is 0.495 e. The SMILES string of the molecule is COc1ccc(C)cc1NC1=C(Sc2cccc(NC(=O)c3ccco3)c2)C(=O)N(c2ccccc2)C1=O. The molecule has 3 aromatic carbocycles. The molecule has 1 aromatic heterocycles. The maximum Gasteiger partial charge on any atom is 0.291 e. The quantitative estimate of drug-likeness (QED) is 0.279. The van der Waals surface area contributed by atoms with Gasteiger partial charge in [-0.3, -0.25) is 14.4 Å². The van der Waals surface area contributed by atoms with Crippen molar-refractivity contribution in [1.82, 2.24) is 0 Å². The lowest BCUT2D eigenvalue weighted by atomic mass is 10.2. The second-order valence-corrected chi connectivity index (χ2v) is 9.46. The summed E-state index contributed by atoms with van der Waals surface area (Å²) in [4.78, 5) is 41.7. The minimum absolute atomic E-state index is 0.137. The summed E-state index contributed by atoms with van der Waals surface area (Å²) < 4.78 is 10.6. The average molecular weight is 526 g/mol. The zero-order chi connectivity index (χ0) is 26.6. The molecule has 0 unspecified atom stereocenters. The van der Waals surface area contributed by atoms with Crippen LogP contribution in [0.1, 0.15) is 16.1 Å². The number of furan rings is 1. The molecule has 2 N–H and O–H groups in total. The fourth-order valence-corrected chi connectivity index (χ4v) is 4.92. The van der Waals surface area contributed by atoms with Gasteiger partial charge in [0.05, 0.1) is 24.7 Å². The van der Waals surface area contributed by atoms with Gasteiger partial charge in [-0.2, -0.15) is 0 Å². The number of nitrogens with zero attached hydrogens (tertiary/aromatic N) is 1. The highest BCUT2D eigenvalue weighted by atomic mass is 32.2. The van der Waals surface area contributed by atoms with Crippen molar-refractivity contribution < 1.29 is 23.5 Å². The predicted molar refractivity (Wildman–Crippen MR) is 146 cm³/mol. The van der Waals surface area contributed by atoms with E-state index in [1.54, 1.807) is 73.8 Å². The lowest BCUT2D eigenvalue weighted by Gasteiger charge is -2.16. The minimum Gasteiger partial charge on any atom is -0.495 e. The zero-order valence-electron chi connectivity index (χ0n) is 20.6. The number of amides is 3. The van der Waals surface area contributed by atoms with Gasteiger partial charge >= 0.3 is 0 Å². The van der Waals surface area contributed by atoms with Crippen LogP contribution >= 0.6 is 11.8 Å². The van der Waals surface area contributed by atoms with Crippen molar-refractivity contribution in [2.24, 2.45) is 0 Å². The smallest absolute Gasteiger partial charge is 0.291 e. The van der Waals surface area contributed by atoms with Gasteiger partial charge in [0, 0.05) is 10.6 Å². The van der Waals surface area contributed by atoms with Gasteiger partial charge in [-0.15, -0.1) is 0 Å². The Labute approximate surface area is 223 Å². The third kappa shape index (κ3) is 5.05. The standard InChI is InChI=1S/C29H23N3O5S/c1-18-13-14-23(36-2)22(16-18)31-25-26(29(35)32(28(25)34)20-9-4-3-5-10-20)38-21-11-6-8-19(17-21)30-27(33)24-12-7-15-37-24/h3-17,31H,1-2H3,(H,30,33). The van der Waals surface area contributed by atoms with E-state index >= 15 is 0 Å². The van der Waals surface area contributed by atoms with Crippen molar-refractivity contribution in [1.29, 1.82) is 0 Å². The van der Waals surface area contributed by atoms with E-state index in [1.807, 2.05) is 25.1 Å². The van der Waals surface area contributed by atoms with Crippen molar-refractivity contribution >= 4 is 46.5 Å². The number of imide groups is 1. The number of hydrogen-bond donors (Lipinski definition) is 2. The van der Waals surface area contributed by atoms with E-state index in [2.05, 4.69) is 10.6 Å². The number of methoxy groups -OCH3 is 1. The number of para-hydroxylation sites is 1. The Bertz CT molecular complexity index is 1550. The lowest BCUT2D eigenvalue weighted by Crippen LogP contribution is -2.32. The summed E-state index contributed by atoms with van der Waals surface area (Å²) in [5.41, 5.74) is 2.64. The van der Waals surface area contributed by atoms with Crippen LogP contribution in [0.5, 0.6) is 5.75 Å². The molecule has 0 atom stereocenters. The van der Waals surface area contributed by atoms with Crippen molar-refractivity contribution in [3.63, 3.8) is 0 Å². The zero-order valence-corrected chi connectivity index (χ0v) is 21.4. The van der Waals surface area contributed by atoms with E-state index in [0.29, 0.717) is 27.7 Å².